The molecule has 0 radical (unpaired) electrons. The maximum absolute atomic E-state index is 3.55. The van der Waals surface area contributed by atoms with E-state index in [0.29, 0.717) is 0 Å². The number of aryl methyl sites for hydroxylation is 1. The van der Waals surface area contributed by atoms with Gasteiger partial charge in [0.15, 0.2) is 0 Å². The molecule has 0 bridgehead atoms. The van der Waals surface area contributed by atoms with Crippen molar-refractivity contribution in [1.82, 2.24) is 9.88 Å². The van der Waals surface area contributed by atoms with Crippen LogP contribution in [0.2, 0.25) is 0 Å². The van der Waals surface area contributed by atoms with Gasteiger partial charge in [-0.1, -0.05) is 26.2 Å². The van der Waals surface area contributed by atoms with Crippen molar-refractivity contribution in [3.05, 3.63) is 24.0 Å². The maximum atomic E-state index is 3.55. The van der Waals surface area contributed by atoms with Crippen molar-refractivity contribution in [3.8, 4) is 0 Å². The first-order chi connectivity index (χ1) is 8.03. The van der Waals surface area contributed by atoms with E-state index in [1.165, 1.54) is 31.4 Å². The standard InChI is InChI=1S/C15H28N2/c1-5-6-7-8-11-17-12-9-10-14(17)13-16-15(2,3)4/h9-10,12,16H,5-8,11,13H2,1-4H3. The van der Waals surface area contributed by atoms with Crippen molar-refractivity contribution < 1.29 is 0 Å². The second-order valence-corrected chi connectivity index (χ2v) is 5.86. The van der Waals surface area contributed by atoms with Crippen LogP contribution in [-0.2, 0) is 13.1 Å². The minimum absolute atomic E-state index is 0.192. The van der Waals surface area contributed by atoms with Crippen molar-refractivity contribution >= 4 is 0 Å². The maximum Gasteiger partial charge on any atom is 0.0363 e. The molecule has 1 rings (SSSR count). The van der Waals surface area contributed by atoms with Gasteiger partial charge in [-0.2, -0.15) is 0 Å². The molecule has 0 unspecified atom stereocenters. The van der Waals surface area contributed by atoms with E-state index in [0.717, 1.165) is 13.1 Å². The van der Waals surface area contributed by atoms with Crippen LogP contribution in [0.5, 0.6) is 0 Å². The van der Waals surface area contributed by atoms with Crippen molar-refractivity contribution in [2.45, 2.75) is 72.0 Å². The summed E-state index contributed by atoms with van der Waals surface area (Å²) in [5.41, 5.74) is 1.59. The summed E-state index contributed by atoms with van der Waals surface area (Å²) >= 11 is 0. The van der Waals surface area contributed by atoms with E-state index in [2.05, 4.69) is 55.9 Å². The normalized spacial score (nSPS) is 12.0. The fraction of sp³-hybridized carbons (Fsp3) is 0.733. The number of unbranched alkanes of at least 4 members (excludes halogenated alkanes) is 3. The Morgan fingerprint density at radius 3 is 2.59 bits per heavy atom. The molecule has 98 valence electrons. The molecular formula is C15H28N2. The molecule has 0 fully saturated rings. The van der Waals surface area contributed by atoms with Crippen LogP contribution in [0, 0.1) is 0 Å². The summed E-state index contributed by atoms with van der Waals surface area (Å²) in [7, 11) is 0. The zero-order chi connectivity index (χ0) is 12.7. The van der Waals surface area contributed by atoms with Crippen LogP contribution in [0.15, 0.2) is 18.3 Å². The molecular weight excluding hydrogens is 208 g/mol. The predicted octanol–water partition coefficient (Wildman–Crippen LogP) is 3.96. The zero-order valence-corrected chi connectivity index (χ0v) is 11.9. The second-order valence-electron chi connectivity index (χ2n) is 5.86. The first kappa shape index (κ1) is 14.3. The average Bonchev–Trinajstić information content (AvgIpc) is 2.68. The van der Waals surface area contributed by atoms with Crippen molar-refractivity contribution in [1.29, 1.82) is 0 Å². The average molecular weight is 236 g/mol. The van der Waals surface area contributed by atoms with Gasteiger partial charge in [0.2, 0.25) is 0 Å². The predicted molar refractivity (Wildman–Crippen MR) is 75.2 cm³/mol. The monoisotopic (exact) mass is 236 g/mol. The molecule has 0 aliphatic heterocycles. The van der Waals surface area contributed by atoms with E-state index in [-0.39, 0.29) is 5.54 Å². The molecule has 1 N–H and O–H groups in total. The summed E-state index contributed by atoms with van der Waals surface area (Å²) in [6.07, 6.45) is 7.51. The van der Waals surface area contributed by atoms with Crippen LogP contribution in [-0.4, -0.2) is 10.1 Å². The van der Waals surface area contributed by atoms with Gasteiger partial charge in [-0.05, 0) is 39.3 Å². The van der Waals surface area contributed by atoms with Gasteiger partial charge in [-0.25, -0.2) is 0 Å². The van der Waals surface area contributed by atoms with Crippen LogP contribution >= 0.6 is 0 Å². The Bertz CT molecular complexity index is 307. The van der Waals surface area contributed by atoms with Crippen molar-refractivity contribution in [3.63, 3.8) is 0 Å². The lowest BCUT2D eigenvalue weighted by molar-refractivity contribution is 0.414. The topological polar surface area (TPSA) is 17.0 Å². The van der Waals surface area contributed by atoms with Gasteiger partial charge in [-0.3, -0.25) is 0 Å². The third-order valence-electron chi connectivity index (χ3n) is 2.98. The molecule has 0 aromatic carbocycles. The Morgan fingerprint density at radius 2 is 1.94 bits per heavy atom. The van der Waals surface area contributed by atoms with E-state index in [1.54, 1.807) is 0 Å². The van der Waals surface area contributed by atoms with Crippen molar-refractivity contribution in [2.24, 2.45) is 0 Å². The molecule has 0 aliphatic carbocycles. The number of nitrogens with zero attached hydrogens (tertiary/aromatic N) is 1. The van der Waals surface area contributed by atoms with Gasteiger partial charge in [-0.15, -0.1) is 0 Å². The Morgan fingerprint density at radius 1 is 1.18 bits per heavy atom. The summed E-state index contributed by atoms with van der Waals surface area (Å²) in [5, 5.41) is 3.55. The summed E-state index contributed by atoms with van der Waals surface area (Å²) < 4.78 is 2.38. The highest BCUT2D eigenvalue weighted by Crippen LogP contribution is 2.08. The van der Waals surface area contributed by atoms with Crippen LogP contribution in [0.3, 0.4) is 0 Å². The fourth-order valence-electron chi connectivity index (χ4n) is 1.89. The third-order valence-corrected chi connectivity index (χ3v) is 2.98. The first-order valence-electron chi connectivity index (χ1n) is 6.92. The molecule has 0 saturated heterocycles. The minimum atomic E-state index is 0.192. The first-order valence-corrected chi connectivity index (χ1v) is 6.92. The molecule has 0 saturated carbocycles. The van der Waals surface area contributed by atoms with E-state index in [4.69, 9.17) is 0 Å². The number of hydrogen-bond donors (Lipinski definition) is 1. The minimum Gasteiger partial charge on any atom is -0.350 e. The van der Waals surface area contributed by atoms with E-state index in [9.17, 15) is 0 Å². The second kappa shape index (κ2) is 6.85. The van der Waals surface area contributed by atoms with Crippen molar-refractivity contribution in [2.75, 3.05) is 0 Å². The van der Waals surface area contributed by atoms with Crippen LogP contribution in [0.1, 0.15) is 59.1 Å². The molecule has 1 aromatic heterocycles. The lowest BCUT2D eigenvalue weighted by atomic mass is 10.1. The zero-order valence-electron chi connectivity index (χ0n) is 11.9. The SMILES string of the molecule is CCCCCCn1cccc1CNC(C)(C)C. The molecule has 0 aliphatic rings. The van der Waals surface area contributed by atoms with E-state index in [1.807, 2.05) is 0 Å². The number of aromatic nitrogens is 1. The highest BCUT2D eigenvalue weighted by molar-refractivity contribution is 5.07. The lowest BCUT2D eigenvalue weighted by Crippen LogP contribution is -2.35. The van der Waals surface area contributed by atoms with Crippen LogP contribution < -0.4 is 5.32 Å². The van der Waals surface area contributed by atoms with E-state index < -0.39 is 0 Å². The molecule has 0 spiro atoms. The summed E-state index contributed by atoms with van der Waals surface area (Å²) in [6.45, 7) is 11.0. The molecule has 0 amide bonds. The van der Waals surface area contributed by atoms with Gasteiger partial charge in [0.05, 0.1) is 0 Å². The molecule has 2 nitrogen and oxygen atoms in total. The van der Waals surface area contributed by atoms with Crippen LogP contribution in [0.4, 0.5) is 0 Å². The highest BCUT2D eigenvalue weighted by atomic mass is 15.0. The lowest BCUT2D eigenvalue weighted by Gasteiger charge is -2.21. The number of rotatable bonds is 7. The van der Waals surface area contributed by atoms with Gasteiger partial charge < -0.3 is 9.88 Å². The highest BCUT2D eigenvalue weighted by Gasteiger charge is 2.09. The largest absolute Gasteiger partial charge is 0.350 e. The Hall–Kier alpha value is -0.760. The van der Waals surface area contributed by atoms with Crippen LogP contribution in [0.25, 0.3) is 0 Å². The summed E-state index contributed by atoms with van der Waals surface area (Å²) in [6, 6.07) is 4.37. The Labute approximate surface area is 106 Å². The summed E-state index contributed by atoms with van der Waals surface area (Å²) in [5.74, 6) is 0. The number of nitrogens with one attached hydrogen (secondary N) is 1. The Balaban J connectivity index is 2.37. The fourth-order valence-corrected chi connectivity index (χ4v) is 1.89. The smallest absolute Gasteiger partial charge is 0.0363 e. The Kier molecular flexibility index (Phi) is 5.76. The van der Waals surface area contributed by atoms with Gasteiger partial charge >= 0.3 is 0 Å². The van der Waals surface area contributed by atoms with Gasteiger partial charge in [0, 0.05) is 30.5 Å². The third kappa shape index (κ3) is 5.92. The molecule has 2 heteroatoms. The molecule has 17 heavy (non-hydrogen) atoms. The van der Waals surface area contributed by atoms with Gasteiger partial charge in [0.25, 0.3) is 0 Å². The summed E-state index contributed by atoms with van der Waals surface area (Å²) in [4.78, 5) is 0. The molecule has 0 atom stereocenters. The van der Waals surface area contributed by atoms with Gasteiger partial charge in [0.1, 0.15) is 0 Å². The molecule has 1 heterocycles. The van der Waals surface area contributed by atoms with E-state index >= 15 is 0 Å². The molecule has 1 aromatic rings. The quantitative estimate of drug-likeness (QED) is 0.709. The number of hydrogen-bond acceptors (Lipinski definition) is 1.